The van der Waals surface area contributed by atoms with Crippen molar-refractivity contribution in [2.45, 2.75) is 19.9 Å². The van der Waals surface area contributed by atoms with Gasteiger partial charge in [-0.05, 0) is 32.0 Å². The fourth-order valence-corrected chi connectivity index (χ4v) is 1.90. The van der Waals surface area contributed by atoms with E-state index in [1.165, 1.54) is 0 Å². The molecule has 1 atom stereocenters. The lowest BCUT2D eigenvalue weighted by atomic mass is 10.2. The smallest absolute Gasteiger partial charge is 0.326 e. The highest BCUT2D eigenvalue weighted by Gasteiger charge is 2.20. The fraction of sp³-hybridized carbons (Fsp3) is 0.417. The lowest BCUT2D eigenvalue weighted by Crippen LogP contribution is -2.38. The van der Waals surface area contributed by atoms with Gasteiger partial charge in [0.25, 0.3) is 0 Å². The highest BCUT2D eigenvalue weighted by molar-refractivity contribution is 6.32. The summed E-state index contributed by atoms with van der Waals surface area (Å²) in [6, 6.07) is 4.65. The Morgan fingerprint density at radius 3 is 2.65 bits per heavy atom. The predicted octanol–water partition coefficient (Wildman–Crippen LogP) is 2.65. The quantitative estimate of drug-likeness (QED) is 0.881. The van der Waals surface area contributed by atoms with Crippen molar-refractivity contribution in [2.75, 3.05) is 18.6 Å². The molecule has 0 saturated carbocycles. The number of methoxy groups -OCH3 is 1. The molecule has 94 valence electrons. The van der Waals surface area contributed by atoms with Crippen molar-refractivity contribution in [2.24, 2.45) is 0 Å². The van der Waals surface area contributed by atoms with Crippen molar-refractivity contribution in [3.8, 4) is 5.75 Å². The van der Waals surface area contributed by atoms with E-state index in [0.717, 1.165) is 5.69 Å². The standard InChI is InChI=1S/C12H16ClNO3/c1-4-14(8(2)12(15)16)9-5-6-11(17-3)10(13)7-9/h5-8H,4H2,1-3H3,(H,15,16)/t8-/m1/s1. The average Bonchev–Trinajstić information content (AvgIpc) is 2.30. The molecule has 1 N–H and O–H groups in total. The third kappa shape index (κ3) is 3.03. The van der Waals surface area contributed by atoms with Gasteiger partial charge in [-0.3, -0.25) is 0 Å². The van der Waals surface area contributed by atoms with E-state index in [0.29, 0.717) is 17.3 Å². The first-order valence-corrected chi connectivity index (χ1v) is 5.72. The summed E-state index contributed by atoms with van der Waals surface area (Å²) in [5.74, 6) is -0.284. The van der Waals surface area contributed by atoms with Crippen molar-refractivity contribution in [3.63, 3.8) is 0 Å². The number of hydrogen-bond donors (Lipinski definition) is 1. The zero-order valence-electron chi connectivity index (χ0n) is 10.1. The van der Waals surface area contributed by atoms with E-state index in [2.05, 4.69) is 0 Å². The molecular weight excluding hydrogens is 242 g/mol. The van der Waals surface area contributed by atoms with E-state index in [1.807, 2.05) is 6.92 Å². The van der Waals surface area contributed by atoms with Gasteiger partial charge in [0.05, 0.1) is 12.1 Å². The van der Waals surface area contributed by atoms with Crippen molar-refractivity contribution in [1.82, 2.24) is 0 Å². The fourth-order valence-electron chi connectivity index (χ4n) is 1.65. The Labute approximate surface area is 106 Å². The van der Waals surface area contributed by atoms with E-state index < -0.39 is 12.0 Å². The molecule has 0 saturated heterocycles. The number of anilines is 1. The van der Waals surface area contributed by atoms with Crippen LogP contribution in [0.15, 0.2) is 18.2 Å². The number of hydrogen-bond acceptors (Lipinski definition) is 3. The molecule has 0 aromatic heterocycles. The molecule has 0 aliphatic heterocycles. The molecule has 5 heteroatoms. The molecule has 0 unspecified atom stereocenters. The highest BCUT2D eigenvalue weighted by atomic mass is 35.5. The van der Waals surface area contributed by atoms with E-state index in [1.54, 1.807) is 37.1 Å². The molecule has 0 heterocycles. The minimum atomic E-state index is -0.862. The molecule has 0 radical (unpaired) electrons. The molecule has 4 nitrogen and oxygen atoms in total. The molecule has 17 heavy (non-hydrogen) atoms. The second-order valence-electron chi connectivity index (χ2n) is 3.62. The SMILES string of the molecule is CCN(c1ccc(OC)c(Cl)c1)[C@H](C)C(=O)O. The Balaban J connectivity index is 3.04. The van der Waals surface area contributed by atoms with Crippen LogP contribution < -0.4 is 9.64 Å². The number of ether oxygens (including phenoxy) is 1. The molecular formula is C12H16ClNO3. The predicted molar refractivity (Wildman–Crippen MR) is 68.1 cm³/mol. The monoisotopic (exact) mass is 257 g/mol. The maximum Gasteiger partial charge on any atom is 0.326 e. The molecule has 0 amide bonds. The molecule has 0 spiro atoms. The minimum absolute atomic E-state index is 0.473. The van der Waals surface area contributed by atoms with Crippen molar-refractivity contribution >= 4 is 23.3 Å². The number of rotatable bonds is 5. The van der Waals surface area contributed by atoms with Crippen LogP contribution in [0.4, 0.5) is 5.69 Å². The summed E-state index contributed by atoms with van der Waals surface area (Å²) in [7, 11) is 1.54. The molecule has 1 rings (SSSR count). The summed E-state index contributed by atoms with van der Waals surface area (Å²) >= 11 is 6.02. The van der Waals surface area contributed by atoms with Crippen LogP contribution in [0.3, 0.4) is 0 Å². The van der Waals surface area contributed by atoms with Crippen LogP contribution >= 0.6 is 11.6 Å². The number of halogens is 1. The molecule has 0 aliphatic rings. The van der Waals surface area contributed by atoms with Gasteiger partial charge in [0.15, 0.2) is 0 Å². The number of carboxylic acid groups (broad SMARTS) is 1. The van der Waals surface area contributed by atoms with Crippen LogP contribution in [0.1, 0.15) is 13.8 Å². The van der Waals surface area contributed by atoms with Gasteiger partial charge in [-0.1, -0.05) is 11.6 Å². The first-order chi connectivity index (χ1) is 8.01. The van der Waals surface area contributed by atoms with Crippen molar-refractivity contribution in [1.29, 1.82) is 0 Å². The molecule has 0 aliphatic carbocycles. The lowest BCUT2D eigenvalue weighted by Gasteiger charge is -2.27. The third-order valence-corrected chi connectivity index (χ3v) is 2.93. The van der Waals surface area contributed by atoms with Crippen LogP contribution in [0.2, 0.25) is 5.02 Å². The largest absolute Gasteiger partial charge is 0.495 e. The zero-order chi connectivity index (χ0) is 13.0. The average molecular weight is 258 g/mol. The van der Waals surface area contributed by atoms with Crippen LogP contribution in [-0.2, 0) is 4.79 Å². The normalized spacial score (nSPS) is 12.0. The van der Waals surface area contributed by atoms with Gasteiger partial charge in [0.1, 0.15) is 11.8 Å². The van der Waals surface area contributed by atoms with Gasteiger partial charge >= 0.3 is 5.97 Å². The Morgan fingerprint density at radius 1 is 1.59 bits per heavy atom. The Bertz CT molecular complexity index is 409. The maximum absolute atomic E-state index is 11.0. The second-order valence-corrected chi connectivity index (χ2v) is 4.03. The first-order valence-electron chi connectivity index (χ1n) is 5.34. The van der Waals surface area contributed by atoms with Crippen LogP contribution in [0, 0.1) is 0 Å². The molecule has 1 aromatic carbocycles. The van der Waals surface area contributed by atoms with E-state index in [4.69, 9.17) is 21.4 Å². The van der Waals surface area contributed by atoms with Gasteiger partial charge in [-0.15, -0.1) is 0 Å². The maximum atomic E-state index is 11.0. The topological polar surface area (TPSA) is 49.8 Å². The highest BCUT2D eigenvalue weighted by Crippen LogP contribution is 2.29. The second kappa shape index (κ2) is 5.77. The molecule has 1 aromatic rings. The van der Waals surface area contributed by atoms with E-state index >= 15 is 0 Å². The number of carbonyl (C=O) groups is 1. The molecule has 0 bridgehead atoms. The summed E-state index contributed by atoms with van der Waals surface area (Å²) in [5.41, 5.74) is 0.771. The van der Waals surface area contributed by atoms with Crippen LogP contribution in [-0.4, -0.2) is 30.8 Å². The summed E-state index contributed by atoms with van der Waals surface area (Å²) < 4.78 is 5.05. The van der Waals surface area contributed by atoms with Gasteiger partial charge in [-0.25, -0.2) is 4.79 Å². The van der Waals surface area contributed by atoms with Gasteiger partial charge in [0.2, 0.25) is 0 Å². The number of nitrogens with zero attached hydrogens (tertiary/aromatic N) is 1. The van der Waals surface area contributed by atoms with Crippen LogP contribution in [0.25, 0.3) is 0 Å². The third-order valence-electron chi connectivity index (χ3n) is 2.63. The first kappa shape index (κ1) is 13.6. The Morgan fingerprint density at radius 2 is 2.24 bits per heavy atom. The molecule has 0 fully saturated rings. The lowest BCUT2D eigenvalue weighted by molar-refractivity contribution is -0.138. The van der Waals surface area contributed by atoms with Crippen molar-refractivity contribution < 1.29 is 14.6 Å². The Kier molecular flexibility index (Phi) is 4.63. The summed E-state index contributed by atoms with van der Waals surface area (Å²) in [4.78, 5) is 12.7. The van der Waals surface area contributed by atoms with Gasteiger partial charge in [-0.2, -0.15) is 0 Å². The van der Waals surface area contributed by atoms with Crippen LogP contribution in [0.5, 0.6) is 5.75 Å². The number of carboxylic acids is 1. The number of likely N-dealkylation sites (N-methyl/N-ethyl adjacent to an activating group) is 1. The van der Waals surface area contributed by atoms with E-state index in [9.17, 15) is 4.79 Å². The summed E-state index contributed by atoms with van der Waals surface area (Å²) in [5, 5.41) is 9.49. The van der Waals surface area contributed by atoms with Gasteiger partial charge in [0, 0.05) is 12.2 Å². The summed E-state index contributed by atoms with van der Waals surface area (Å²) in [6.45, 7) is 4.14. The van der Waals surface area contributed by atoms with Crippen molar-refractivity contribution in [3.05, 3.63) is 23.2 Å². The van der Waals surface area contributed by atoms with E-state index in [-0.39, 0.29) is 0 Å². The minimum Gasteiger partial charge on any atom is -0.495 e. The number of benzene rings is 1. The zero-order valence-corrected chi connectivity index (χ0v) is 10.9. The number of aliphatic carboxylic acids is 1. The Hall–Kier alpha value is -1.42. The van der Waals surface area contributed by atoms with Gasteiger partial charge < -0.3 is 14.7 Å². The summed E-state index contributed by atoms with van der Waals surface area (Å²) in [6.07, 6.45) is 0.